The highest BCUT2D eigenvalue weighted by Crippen LogP contribution is 2.33. The number of pyridine rings is 1. The molecule has 0 radical (unpaired) electrons. The van der Waals surface area contributed by atoms with Crippen LogP contribution in [0, 0.1) is 0 Å². The molecule has 0 spiro atoms. The van der Waals surface area contributed by atoms with Crippen molar-refractivity contribution >= 4 is 17.0 Å². The van der Waals surface area contributed by atoms with E-state index in [1.807, 2.05) is 12.1 Å². The molecule has 102 valence electrons. The Morgan fingerprint density at radius 2 is 2.00 bits per heavy atom. The molecule has 3 rings (SSSR count). The first-order valence-corrected chi connectivity index (χ1v) is 6.81. The maximum absolute atomic E-state index is 5.90. The van der Waals surface area contributed by atoms with Gasteiger partial charge in [-0.2, -0.15) is 10.3 Å². The van der Waals surface area contributed by atoms with Gasteiger partial charge in [0.1, 0.15) is 11.3 Å². The zero-order chi connectivity index (χ0) is 13.9. The van der Waals surface area contributed by atoms with Gasteiger partial charge in [-0.05, 0) is 23.6 Å². The fraction of sp³-hybridized carbons (Fsp3) is 0.267. The molecule has 0 aliphatic carbocycles. The number of hydrogen-bond donors (Lipinski definition) is 2. The number of anilines is 1. The average molecular weight is 267 g/mol. The van der Waals surface area contributed by atoms with Gasteiger partial charge in [-0.1, -0.05) is 43.7 Å². The zero-order valence-electron chi connectivity index (χ0n) is 11.4. The Labute approximate surface area is 117 Å². The minimum atomic E-state index is 0.263. The quantitative estimate of drug-likeness (QED) is 0.761. The van der Waals surface area contributed by atoms with Crippen molar-refractivity contribution in [3.05, 3.63) is 47.5 Å². The van der Waals surface area contributed by atoms with E-state index in [1.165, 1.54) is 5.56 Å². The summed E-state index contributed by atoms with van der Waals surface area (Å²) in [5.74, 6) is 0.748. The molecule has 20 heavy (non-hydrogen) atoms. The molecule has 1 unspecified atom stereocenters. The van der Waals surface area contributed by atoms with Gasteiger partial charge in [0.25, 0.3) is 0 Å². The summed E-state index contributed by atoms with van der Waals surface area (Å²) in [4.78, 5) is 4.21. The number of nitrogens with one attached hydrogen (secondary N) is 1. The Balaban J connectivity index is 2.16. The molecular weight excluding hydrogens is 250 g/mol. The molecule has 0 fully saturated rings. The highest BCUT2D eigenvalue weighted by Gasteiger charge is 2.19. The van der Waals surface area contributed by atoms with Gasteiger partial charge in [0.15, 0.2) is 0 Å². The Kier molecular flexibility index (Phi) is 3.33. The Bertz CT molecular complexity index is 705. The first-order chi connectivity index (χ1) is 9.79. The van der Waals surface area contributed by atoms with Crippen LogP contribution in [-0.2, 0) is 0 Å². The van der Waals surface area contributed by atoms with Crippen LogP contribution < -0.4 is 5.73 Å². The number of aromatic nitrogens is 4. The normalized spacial score (nSPS) is 12.7. The largest absolute Gasteiger partial charge is 0.384 e. The number of fused-ring (bicyclic) bond motifs is 1. The third kappa shape index (κ3) is 2.22. The van der Waals surface area contributed by atoms with Crippen molar-refractivity contribution in [1.29, 1.82) is 0 Å². The van der Waals surface area contributed by atoms with Crippen LogP contribution in [0.4, 0.5) is 5.82 Å². The Morgan fingerprint density at radius 1 is 1.20 bits per heavy atom. The molecule has 0 saturated heterocycles. The predicted molar refractivity (Wildman–Crippen MR) is 79.3 cm³/mol. The van der Waals surface area contributed by atoms with Gasteiger partial charge in [0, 0.05) is 5.92 Å². The van der Waals surface area contributed by atoms with Gasteiger partial charge < -0.3 is 5.73 Å². The lowest BCUT2D eigenvalue weighted by molar-refractivity contribution is 0.701. The van der Waals surface area contributed by atoms with Crippen LogP contribution >= 0.6 is 0 Å². The fourth-order valence-electron chi connectivity index (χ4n) is 2.62. The lowest BCUT2D eigenvalue weighted by atomic mass is 9.87. The van der Waals surface area contributed by atoms with E-state index in [-0.39, 0.29) is 5.92 Å². The van der Waals surface area contributed by atoms with Gasteiger partial charge in [-0.15, -0.1) is 5.10 Å². The van der Waals surface area contributed by atoms with Crippen LogP contribution in [0.25, 0.3) is 11.2 Å². The van der Waals surface area contributed by atoms with Gasteiger partial charge in [-0.3, -0.25) is 0 Å². The van der Waals surface area contributed by atoms with E-state index in [9.17, 15) is 0 Å². The zero-order valence-corrected chi connectivity index (χ0v) is 11.4. The number of nitrogens with two attached hydrogens (primary N) is 1. The van der Waals surface area contributed by atoms with Crippen LogP contribution in [-0.4, -0.2) is 20.4 Å². The third-order valence-corrected chi connectivity index (χ3v) is 3.50. The maximum atomic E-state index is 5.90. The SMILES string of the molecule is CCCC(c1ccccc1)c1cc(N)nc2n[nH]nc12. The molecular formula is C15H17N5. The minimum absolute atomic E-state index is 0.263. The molecule has 1 atom stereocenters. The number of benzene rings is 1. The third-order valence-electron chi connectivity index (χ3n) is 3.50. The lowest BCUT2D eigenvalue weighted by Gasteiger charge is -2.17. The molecule has 1 aromatic carbocycles. The molecule has 5 nitrogen and oxygen atoms in total. The standard InChI is InChI=1S/C15H17N5/c1-2-6-11(10-7-4-3-5-8-10)12-9-13(16)17-15-14(12)18-20-19-15/h3-5,7-9,11H,2,6H2,1H3,(H3,16,17,18,19,20). The van der Waals surface area contributed by atoms with Crippen molar-refractivity contribution < 1.29 is 0 Å². The van der Waals surface area contributed by atoms with Crippen LogP contribution in [0.3, 0.4) is 0 Å². The molecule has 2 heterocycles. The molecule has 0 aliphatic heterocycles. The van der Waals surface area contributed by atoms with Gasteiger partial charge in [0.2, 0.25) is 5.65 Å². The van der Waals surface area contributed by atoms with Crippen LogP contribution in [0.1, 0.15) is 36.8 Å². The molecule has 0 amide bonds. The van der Waals surface area contributed by atoms with E-state index in [0.29, 0.717) is 11.5 Å². The summed E-state index contributed by atoms with van der Waals surface area (Å²) in [6, 6.07) is 12.3. The lowest BCUT2D eigenvalue weighted by Crippen LogP contribution is -2.04. The van der Waals surface area contributed by atoms with Crippen molar-refractivity contribution in [3.8, 4) is 0 Å². The molecule has 3 N–H and O–H groups in total. The molecule has 0 aliphatic rings. The predicted octanol–water partition coefficient (Wildman–Crippen LogP) is 2.87. The van der Waals surface area contributed by atoms with Gasteiger partial charge in [0.05, 0.1) is 0 Å². The number of nitrogens with zero attached hydrogens (tertiary/aromatic N) is 3. The summed E-state index contributed by atoms with van der Waals surface area (Å²) in [7, 11) is 0. The number of nitrogen functional groups attached to an aromatic ring is 1. The Morgan fingerprint density at radius 3 is 2.75 bits per heavy atom. The highest BCUT2D eigenvalue weighted by atomic mass is 15.3. The topological polar surface area (TPSA) is 80.5 Å². The molecule has 5 heteroatoms. The number of hydrogen-bond acceptors (Lipinski definition) is 4. The van der Waals surface area contributed by atoms with Crippen LogP contribution in [0.2, 0.25) is 0 Å². The van der Waals surface area contributed by atoms with Gasteiger partial charge in [-0.25, -0.2) is 4.98 Å². The summed E-state index contributed by atoms with van der Waals surface area (Å²) in [5, 5.41) is 10.9. The average Bonchev–Trinajstić information content (AvgIpc) is 2.93. The van der Waals surface area contributed by atoms with Crippen molar-refractivity contribution in [1.82, 2.24) is 20.4 Å². The van der Waals surface area contributed by atoms with Crippen molar-refractivity contribution in [3.63, 3.8) is 0 Å². The second-order valence-electron chi connectivity index (χ2n) is 4.88. The fourth-order valence-corrected chi connectivity index (χ4v) is 2.62. The van der Waals surface area contributed by atoms with Crippen LogP contribution in [0.5, 0.6) is 0 Å². The second kappa shape index (κ2) is 5.28. The summed E-state index contributed by atoms with van der Waals surface area (Å²) < 4.78 is 0. The smallest absolute Gasteiger partial charge is 0.203 e. The summed E-state index contributed by atoms with van der Waals surface area (Å²) in [6.07, 6.45) is 2.12. The van der Waals surface area contributed by atoms with E-state index in [0.717, 1.165) is 23.9 Å². The number of aromatic amines is 1. The van der Waals surface area contributed by atoms with Crippen molar-refractivity contribution in [2.24, 2.45) is 0 Å². The van der Waals surface area contributed by atoms with E-state index < -0.39 is 0 Å². The second-order valence-corrected chi connectivity index (χ2v) is 4.88. The van der Waals surface area contributed by atoms with E-state index in [2.05, 4.69) is 51.6 Å². The number of rotatable bonds is 4. The van der Waals surface area contributed by atoms with E-state index in [1.54, 1.807) is 0 Å². The monoisotopic (exact) mass is 267 g/mol. The van der Waals surface area contributed by atoms with E-state index in [4.69, 9.17) is 5.73 Å². The maximum Gasteiger partial charge on any atom is 0.203 e. The van der Waals surface area contributed by atoms with Crippen molar-refractivity contribution in [2.75, 3.05) is 5.73 Å². The summed E-state index contributed by atoms with van der Waals surface area (Å²) >= 11 is 0. The van der Waals surface area contributed by atoms with Gasteiger partial charge >= 0.3 is 0 Å². The molecule has 0 bridgehead atoms. The van der Waals surface area contributed by atoms with E-state index >= 15 is 0 Å². The molecule has 3 aromatic rings. The molecule has 2 aromatic heterocycles. The first-order valence-electron chi connectivity index (χ1n) is 6.81. The Hall–Kier alpha value is -2.43. The number of H-pyrrole nitrogens is 1. The minimum Gasteiger partial charge on any atom is -0.384 e. The van der Waals surface area contributed by atoms with Crippen molar-refractivity contribution in [2.45, 2.75) is 25.7 Å². The first kappa shape index (κ1) is 12.6. The summed E-state index contributed by atoms with van der Waals surface area (Å²) in [5.41, 5.74) is 9.65. The summed E-state index contributed by atoms with van der Waals surface area (Å²) in [6.45, 7) is 2.18. The highest BCUT2D eigenvalue weighted by molar-refractivity contribution is 5.77. The molecule has 0 saturated carbocycles. The van der Waals surface area contributed by atoms with Crippen LogP contribution in [0.15, 0.2) is 36.4 Å².